The van der Waals surface area contributed by atoms with E-state index in [1.54, 1.807) is 12.1 Å². The molecule has 0 unspecified atom stereocenters. The SMILES string of the molecule is CN1CCC(C)(CNc2cc(Cl)c(Cl)cc2N)CC1. The van der Waals surface area contributed by atoms with Crippen LogP contribution in [0, 0.1) is 5.41 Å². The van der Waals surface area contributed by atoms with Gasteiger partial charge in [0.15, 0.2) is 0 Å². The Morgan fingerprint density at radius 3 is 2.47 bits per heavy atom. The lowest BCUT2D eigenvalue weighted by Gasteiger charge is -2.38. The van der Waals surface area contributed by atoms with Gasteiger partial charge >= 0.3 is 0 Å². The molecule has 0 amide bonds. The Morgan fingerprint density at radius 2 is 1.84 bits per heavy atom. The van der Waals surface area contributed by atoms with Gasteiger partial charge in [-0.3, -0.25) is 0 Å². The number of hydrogen-bond acceptors (Lipinski definition) is 3. The van der Waals surface area contributed by atoms with E-state index in [-0.39, 0.29) is 0 Å². The molecule has 1 aromatic carbocycles. The lowest BCUT2D eigenvalue weighted by Crippen LogP contribution is -2.40. The Morgan fingerprint density at radius 1 is 1.26 bits per heavy atom. The molecule has 1 fully saturated rings. The maximum absolute atomic E-state index is 6.03. The molecule has 5 heteroatoms. The molecule has 1 heterocycles. The molecule has 1 saturated heterocycles. The normalized spacial score (nSPS) is 19.4. The number of likely N-dealkylation sites (tertiary alicyclic amines) is 1. The van der Waals surface area contributed by atoms with E-state index in [2.05, 4.69) is 24.2 Å². The zero-order valence-electron chi connectivity index (χ0n) is 11.5. The van der Waals surface area contributed by atoms with Crippen LogP contribution >= 0.6 is 23.2 Å². The molecule has 0 atom stereocenters. The molecule has 0 spiro atoms. The molecule has 1 aromatic rings. The first-order chi connectivity index (χ1) is 8.89. The Hall–Kier alpha value is -0.640. The van der Waals surface area contributed by atoms with Crippen molar-refractivity contribution >= 4 is 34.6 Å². The van der Waals surface area contributed by atoms with E-state index >= 15 is 0 Å². The highest BCUT2D eigenvalue weighted by molar-refractivity contribution is 6.42. The number of nitrogens with zero attached hydrogens (tertiary/aromatic N) is 1. The first-order valence-electron chi connectivity index (χ1n) is 6.57. The molecule has 19 heavy (non-hydrogen) atoms. The molecule has 3 nitrogen and oxygen atoms in total. The van der Waals surface area contributed by atoms with Crippen molar-refractivity contribution in [2.45, 2.75) is 19.8 Å². The summed E-state index contributed by atoms with van der Waals surface area (Å²) >= 11 is 12.0. The highest BCUT2D eigenvalue weighted by Crippen LogP contribution is 2.34. The number of nitrogens with two attached hydrogens (primary N) is 1. The summed E-state index contributed by atoms with van der Waals surface area (Å²) in [7, 11) is 2.17. The Bertz CT molecular complexity index is 454. The van der Waals surface area contributed by atoms with Crippen molar-refractivity contribution in [2.75, 3.05) is 37.7 Å². The van der Waals surface area contributed by atoms with Gasteiger partial charge in [-0.1, -0.05) is 30.1 Å². The second-order valence-corrected chi connectivity index (χ2v) is 6.64. The van der Waals surface area contributed by atoms with Gasteiger partial charge in [0, 0.05) is 6.54 Å². The molecule has 1 aliphatic rings. The second-order valence-electron chi connectivity index (χ2n) is 5.82. The standard InChI is InChI=1S/C14H21Cl2N3/c1-14(3-5-19(2)6-4-14)9-18-13-8-11(16)10(15)7-12(13)17/h7-8,18H,3-6,9,17H2,1-2H3. The lowest BCUT2D eigenvalue weighted by atomic mass is 9.80. The topological polar surface area (TPSA) is 41.3 Å². The fourth-order valence-corrected chi connectivity index (χ4v) is 2.69. The molecule has 2 rings (SSSR count). The summed E-state index contributed by atoms with van der Waals surface area (Å²) in [5, 5.41) is 4.45. The van der Waals surface area contributed by atoms with Crippen LogP contribution in [0.3, 0.4) is 0 Å². The highest BCUT2D eigenvalue weighted by atomic mass is 35.5. The van der Waals surface area contributed by atoms with Crippen molar-refractivity contribution in [1.82, 2.24) is 4.90 Å². The third-order valence-corrected chi connectivity index (χ3v) is 4.71. The van der Waals surface area contributed by atoms with Crippen molar-refractivity contribution in [2.24, 2.45) is 5.41 Å². The van der Waals surface area contributed by atoms with Crippen LogP contribution in [0.15, 0.2) is 12.1 Å². The molecule has 0 saturated carbocycles. The molecular weight excluding hydrogens is 281 g/mol. The van der Waals surface area contributed by atoms with E-state index < -0.39 is 0 Å². The molecule has 1 aliphatic heterocycles. The number of nitrogen functional groups attached to an aromatic ring is 1. The fourth-order valence-electron chi connectivity index (χ4n) is 2.36. The molecule has 3 N–H and O–H groups in total. The van der Waals surface area contributed by atoms with Gasteiger partial charge in [-0.05, 0) is 50.5 Å². The van der Waals surface area contributed by atoms with Crippen molar-refractivity contribution in [1.29, 1.82) is 0 Å². The quantitative estimate of drug-likeness (QED) is 0.836. The molecule has 0 bridgehead atoms. The predicted octanol–water partition coefficient (Wildman–Crippen LogP) is 3.72. The molecule has 0 aliphatic carbocycles. The van der Waals surface area contributed by atoms with Crippen LogP contribution in [0.5, 0.6) is 0 Å². The number of hydrogen-bond donors (Lipinski definition) is 2. The number of halogens is 2. The van der Waals surface area contributed by atoms with Crippen LogP contribution in [0.1, 0.15) is 19.8 Å². The minimum absolute atomic E-state index is 0.311. The second kappa shape index (κ2) is 5.78. The largest absolute Gasteiger partial charge is 0.397 e. The van der Waals surface area contributed by atoms with E-state index in [1.807, 2.05) is 0 Å². The maximum Gasteiger partial charge on any atom is 0.0614 e. The van der Waals surface area contributed by atoms with Crippen molar-refractivity contribution in [3.63, 3.8) is 0 Å². The minimum atomic E-state index is 0.311. The van der Waals surface area contributed by atoms with Crippen LogP contribution in [0.4, 0.5) is 11.4 Å². The van der Waals surface area contributed by atoms with Crippen molar-refractivity contribution < 1.29 is 0 Å². The Labute approximate surface area is 125 Å². The summed E-state index contributed by atoms with van der Waals surface area (Å²) in [6, 6.07) is 3.50. The van der Waals surface area contributed by atoms with Gasteiger partial charge in [-0.25, -0.2) is 0 Å². The van der Waals surface area contributed by atoms with Gasteiger partial charge < -0.3 is 16.0 Å². The van der Waals surface area contributed by atoms with Crippen molar-refractivity contribution in [3.05, 3.63) is 22.2 Å². The zero-order chi connectivity index (χ0) is 14.0. The number of anilines is 2. The average molecular weight is 302 g/mol. The number of piperidine rings is 1. The lowest BCUT2D eigenvalue weighted by molar-refractivity contribution is 0.150. The molecule has 0 aromatic heterocycles. The van der Waals surface area contributed by atoms with E-state index in [9.17, 15) is 0 Å². The summed E-state index contributed by atoms with van der Waals surface area (Å²) < 4.78 is 0. The average Bonchev–Trinajstić information content (AvgIpc) is 2.36. The summed E-state index contributed by atoms with van der Waals surface area (Å²) in [5.74, 6) is 0. The number of benzene rings is 1. The van der Waals surface area contributed by atoms with Gasteiger partial charge in [0.25, 0.3) is 0 Å². The fraction of sp³-hybridized carbons (Fsp3) is 0.571. The Kier molecular flexibility index (Phi) is 4.49. The van der Waals surface area contributed by atoms with Gasteiger partial charge in [0.2, 0.25) is 0 Å². The zero-order valence-corrected chi connectivity index (χ0v) is 13.0. The van der Waals surface area contributed by atoms with Crippen LogP contribution in [-0.4, -0.2) is 31.6 Å². The summed E-state index contributed by atoms with van der Waals surface area (Å²) in [6.45, 7) is 5.52. The highest BCUT2D eigenvalue weighted by Gasteiger charge is 2.28. The molecule has 0 radical (unpaired) electrons. The minimum Gasteiger partial charge on any atom is -0.397 e. The van der Waals surface area contributed by atoms with Crippen LogP contribution in [0.25, 0.3) is 0 Å². The van der Waals surface area contributed by atoms with E-state index in [0.717, 1.165) is 25.3 Å². The van der Waals surface area contributed by atoms with E-state index in [1.165, 1.54) is 12.8 Å². The summed E-state index contributed by atoms with van der Waals surface area (Å²) in [5.41, 5.74) is 7.78. The number of rotatable bonds is 3. The maximum atomic E-state index is 6.03. The van der Waals surface area contributed by atoms with Gasteiger partial charge in [-0.2, -0.15) is 0 Å². The van der Waals surface area contributed by atoms with Crippen LogP contribution in [-0.2, 0) is 0 Å². The third-order valence-electron chi connectivity index (χ3n) is 3.99. The number of nitrogens with one attached hydrogen (secondary N) is 1. The first kappa shape index (κ1) is 14.8. The van der Waals surface area contributed by atoms with Crippen molar-refractivity contribution in [3.8, 4) is 0 Å². The predicted molar refractivity (Wildman–Crippen MR) is 84.2 cm³/mol. The molecule has 106 valence electrons. The first-order valence-corrected chi connectivity index (χ1v) is 7.32. The van der Waals surface area contributed by atoms with Gasteiger partial charge in [0.05, 0.1) is 21.4 Å². The van der Waals surface area contributed by atoms with Crippen LogP contribution < -0.4 is 11.1 Å². The smallest absolute Gasteiger partial charge is 0.0614 e. The summed E-state index contributed by atoms with van der Waals surface area (Å²) in [4.78, 5) is 2.37. The van der Waals surface area contributed by atoms with Gasteiger partial charge in [-0.15, -0.1) is 0 Å². The third kappa shape index (κ3) is 3.68. The van der Waals surface area contributed by atoms with Crippen LogP contribution in [0.2, 0.25) is 10.0 Å². The summed E-state index contributed by atoms with van der Waals surface area (Å²) in [6.07, 6.45) is 2.38. The molecular formula is C14H21Cl2N3. The van der Waals surface area contributed by atoms with E-state index in [4.69, 9.17) is 28.9 Å². The Balaban J connectivity index is 2.01. The van der Waals surface area contributed by atoms with Gasteiger partial charge in [0.1, 0.15) is 0 Å². The monoisotopic (exact) mass is 301 g/mol. The van der Waals surface area contributed by atoms with E-state index in [0.29, 0.717) is 21.1 Å².